The zero-order chi connectivity index (χ0) is 14.7. The zero-order valence-electron chi connectivity index (χ0n) is 13.0. The molecule has 0 spiro atoms. The molecule has 2 aromatic heterocycles. The van der Waals surface area contributed by atoms with Gasteiger partial charge in [-0.2, -0.15) is 0 Å². The molecule has 0 atom stereocenters. The molecule has 3 rings (SSSR count). The number of hydrogen-bond acceptors (Lipinski definition) is 3. The van der Waals surface area contributed by atoms with Crippen LogP contribution in [0.5, 0.6) is 0 Å². The van der Waals surface area contributed by atoms with Crippen LogP contribution in [0, 0.1) is 11.8 Å². The van der Waals surface area contributed by atoms with Crippen molar-refractivity contribution in [3.63, 3.8) is 0 Å². The maximum atomic E-state index is 5.81. The molecule has 1 N–H and O–H groups in total. The molecule has 1 aliphatic carbocycles. The van der Waals surface area contributed by atoms with Crippen molar-refractivity contribution in [1.82, 2.24) is 14.9 Å². The predicted molar refractivity (Wildman–Crippen MR) is 85.0 cm³/mol. The minimum Gasteiger partial charge on any atom is -0.360 e. The second kappa shape index (κ2) is 6.58. The van der Waals surface area contributed by atoms with Crippen molar-refractivity contribution >= 4 is 11.0 Å². The molecule has 2 heterocycles. The van der Waals surface area contributed by atoms with Crippen molar-refractivity contribution in [2.75, 3.05) is 13.2 Å². The van der Waals surface area contributed by atoms with Crippen LogP contribution in [-0.4, -0.2) is 22.7 Å². The molecular formula is C17H25N3O. The lowest BCUT2D eigenvalue weighted by atomic mass is 10.2. The van der Waals surface area contributed by atoms with Gasteiger partial charge in [-0.25, -0.2) is 4.98 Å². The highest BCUT2D eigenvalue weighted by atomic mass is 16.5. The monoisotopic (exact) mass is 287 g/mol. The fourth-order valence-corrected chi connectivity index (χ4v) is 2.53. The van der Waals surface area contributed by atoms with Crippen molar-refractivity contribution in [1.29, 1.82) is 0 Å². The normalized spacial score (nSPS) is 15.2. The maximum Gasteiger partial charge on any atom is 0.142 e. The molecule has 1 aliphatic rings. The Kier molecular flexibility index (Phi) is 4.56. The van der Waals surface area contributed by atoms with E-state index in [-0.39, 0.29) is 0 Å². The zero-order valence-corrected chi connectivity index (χ0v) is 13.0. The summed E-state index contributed by atoms with van der Waals surface area (Å²) in [6, 6.07) is 4.15. The molecule has 0 radical (unpaired) electrons. The van der Waals surface area contributed by atoms with Crippen LogP contribution in [0.25, 0.3) is 11.0 Å². The van der Waals surface area contributed by atoms with Gasteiger partial charge in [-0.05, 0) is 48.9 Å². The summed E-state index contributed by atoms with van der Waals surface area (Å²) in [5.74, 6) is 1.46. The molecule has 0 aliphatic heterocycles. The van der Waals surface area contributed by atoms with Crippen LogP contribution >= 0.6 is 0 Å². The van der Waals surface area contributed by atoms with Gasteiger partial charge in [-0.3, -0.25) is 0 Å². The van der Waals surface area contributed by atoms with E-state index >= 15 is 0 Å². The molecular weight excluding hydrogens is 262 g/mol. The third kappa shape index (κ3) is 3.83. The van der Waals surface area contributed by atoms with Gasteiger partial charge in [0.1, 0.15) is 12.4 Å². The van der Waals surface area contributed by atoms with E-state index in [1.54, 1.807) is 0 Å². The summed E-state index contributed by atoms with van der Waals surface area (Å²) in [5, 5.41) is 4.73. The summed E-state index contributed by atoms with van der Waals surface area (Å²) in [4.78, 5) is 4.51. The molecule has 1 fully saturated rings. The van der Waals surface area contributed by atoms with Gasteiger partial charge in [-0.1, -0.05) is 13.8 Å². The lowest BCUT2D eigenvalue weighted by molar-refractivity contribution is 0.0713. The Morgan fingerprint density at radius 3 is 3.05 bits per heavy atom. The Morgan fingerprint density at radius 2 is 2.29 bits per heavy atom. The molecule has 4 nitrogen and oxygen atoms in total. The SMILES string of the molecule is CC(C)CNCc1cn(COCC2CC2)c2ncccc12. The molecule has 0 saturated heterocycles. The largest absolute Gasteiger partial charge is 0.360 e. The number of pyridine rings is 1. The second-order valence-corrected chi connectivity index (χ2v) is 6.47. The van der Waals surface area contributed by atoms with Gasteiger partial charge in [0, 0.05) is 24.3 Å². The Balaban J connectivity index is 1.69. The first-order valence-electron chi connectivity index (χ1n) is 7.95. The van der Waals surface area contributed by atoms with Crippen molar-refractivity contribution in [2.45, 2.75) is 40.0 Å². The summed E-state index contributed by atoms with van der Waals surface area (Å²) in [6.07, 6.45) is 6.69. The van der Waals surface area contributed by atoms with E-state index in [9.17, 15) is 0 Å². The third-order valence-electron chi connectivity index (χ3n) is 3.87. The Hall–Kier alpha value is -1.39. The molecule has 114 valence electrons. The Morgan fingerprint density at radius 1 is 1.43 bits per heavy atom. The fraction of sp³-hybridized carbons (Fsp3) is 0.588. The quantitative estimate of drug-likeness (QED) is 0.810. The Labute approximate surface area is 126 Å². The highest BCUT2D eigenvalue weighted by Gasteiger charge is 2.21. The van der Waals surface area contributed by atoms with Crippen molar-refractivity contribution in [3.8, 4) is 0 Å². The molecule has 2 aromatic rings. The highest BCUT2D eigenvalue weighted by molar-refractivity contribution is 5.80. The molecule has 1 saturated carbocycles. The van der Waals surface area contributed by atoms with Crippen LogP contribution in [0.4, 0.5) is 0 Å². The molecule has 0 bridgehead atoms. The van der Waals surface area contributed by atoms with Crippen LogP contribution in [0.3, 0.4) is 0 Å². The summed E-state index contributed by atoms with van der Waals surface area (Å²) < 4.78 is 7.94. The van der Waals surface area contributed by atoms with Crippen molar-refractivity contribution < 1.29 is 4.74 Å². The van der Waals surface area contributed by atoms with Gasteiger partial charge in [0.2, 0.25) is 0 Å². The smallest absolute Gasteiger partial charge is 0.142 e. The van der Waals surface area contributed by atoms with Gasteiger partial charge < -0.3 is 14.6 Å². The number of nitrogens with one attached hydrogen (secondary N) is 1. The lowest BCUT2D eigenvalue weighted by Gasteiger charge is -2.06. The predicted octanol–water partition coefficient (Wildman–Crippen LogP) is 3.17. The number of ether oxygens (including phenoxy) is 1. The van der Waals surface area contributed by atoms with E-state index in [0.29, 0.717) is 12.6 Å². The first-order chi connectivity index (χ1) is 10.2. The minimum atomic E-state index is 0.605. The fourth-order valence-electron chi connectivity index (χ4n) is 2.53. The van der Waals surface area contributed by atoms with Gasteiger partial charge in [0.25, 0.3) is 0 Å². The summed E-state index contributed by atoms with van der Waals surface area (Å²) in [6.45, 7) is 7.86. The van der Waals surface area contributed by atoms with Crippen LogP contribution in [0.1, 0.15) is 32.3 Å². The van der Waals surface area contributed by atoms with Crippen LogP contribution in [0.2, 0.25) is 0 Å². The van der Waals surface area contributed by atoms with E-state index in [0.717, 1.165) is 31.3 Å². The van der Waals surface area contributed by atoms with Crippen LogP contribution in [0.15, 0.2) is 24.5 Å². The molecule has 0 unspecified atom stereocenters. The highest BCUT2D eigenvalue weighted by Crippen LogP contribution is 2.29. The van der Waals surface area contributed by atoms with Crippen LogP contribution < -0.4 is 5.32 Å². The van der Waals surface area contributed by atoms with Gasteiger partial charge in [0.05, 0.1) is 6.61 Å². The minimum absolute atomic E-state index is 0.605. The van der Waals surface area contributed by atoms with Gasteiger partial charge in [0.15, 0.2) is 0 Å². The van der Waals surface area contributed by atoms with Crippen LogP contribution in [-0.2, 0) is 18.0 Å². The molecule has 4 heteroatoms. The van der Waals surface area contributed by atoms with Gasteiger partial charge >= 0.3 is 0 Å². The first kappa shape index (κ1) is 14.5. The van der Waals surface area contributed by atoms with E-state index in [1.807, 2.05) is 12.3 Å². The standard InChI is InChI=1S/C17H25N3O/c1-13(2)8-18-9-15-10-20(12-21-11-14-5-6-14)17-16(15)4-3-7-19-17/h3-4,7,10,13-14,18H,5-6,8-9,11-12H2,1-2H3. The van der Waals surface area contributed by atoms with E-state index in [2.05, 4.69) is 41.0 Å². The molecule has 0 aromatic carbocycles. The number of fused-ring (bicyclic) bond motifs is 1. The summed E-state index contributed by atoms with van der Waals surface area (Å²) in [7, 11) is 0. The Bertz CT molecular complexity index is 545. The van der Waals surface area contributed by atoms with Crippen molar-refractivity contribution in [2.24, 2.45) is 11.8 Å². The van der Waals surface area contributed by atoms with Gasteiger partial charge in [-0.15, -0.1) is 0 Å². The third-order valence-corrected chi connectivity index (χ3v) is 3.87. The average molecular weight is 287 g/mol. The lowest BCUT2D eigenvalue weighted by Crippen LogP contribution is -2.18. The van der Waals surface area contributed by atoms with E-state index in [1.165, 1.54) is 23.8 Å². The van der Waals surface area contributed by atoms with E-state index < -0.39 is 0 Å². The molecule has 0 amide bonds. The average Bonchev–Trinajstić information content (AvgIpc) is 3.22. The second-order valence-electron chi connectivity index (χ2n) is 6.47. The first-order valence-corrected chi connectivity index (χ1v) is 7.95. The topological polar surface area (TPSA) is 39.1 Å². The number of nitrogens with zero attached hydrogens (tertiary/aromatic N) is 2. The summed E-state index contributed by atoms with van der Waals surface area (Å²) in [5.41, 5.74) is 2.32. The summed E-state index contributed by atoms with van der Waals surface area (Å²) >= 11 is 0. The molecule has 21 heavy (non-hydrogen) atoms. The number of hydrogen-bond donors (Lipinski definition) is 1. The van der Waals surface area contributed by atoms with E-state index in [4.69, 9.17) is 4.74 Å². The number of rotatable bonds is 8. The maximum absolute atomic E-state index is 5.81. The number of aromatic nitrogens is 2. The van der Waals surface area contributed by atoms with Crippen molar-refractivity contribution in [3.05, 3.63) is 30.1 Å².